The first-order chi connectivity index (χ1) is 13.2. The summed E-state index contributed by atoms with van der Waals surface area (Å²) in [5.74, 6) is 0.794. The summed E-state index contributed by atoms with van der Waals surface area (Å²) >= 11 is 3.56. The number of anilines is 1. The molecule has 4 rings (SSSR count). The number of fused-ring (bicyclic) bond motifs is 3. The van der Waals surface area contributed by atoms with Gasteiger partial charge in [0.2, 0.25) is 0 Å². The molecular weight excluding hydrogens is 404 g/mol. The molecule has 0 bridgehead atoms. The number of aliphatic hydroxyl groups is 1. The van der Waals surface area contributed by atoms with E-state index in [0.29, 0.717) is 13.1 Å². The van der Waals surface area contributed by atoms with Crippen LogP contribution in [0.15, 0.2) is 71.2 Å². The summed E-state index contributed by atoms with van der Waals surface area (Å²) in [5, 5.41) is 16.3. The van der Waals surface area contributed by atoms with Crippen molar-refractivity contribution in [1.82, 2.24) is 4.57 Å². The predicted molar refractivity (Wildman–Crippen MR) is 115 cm³/mol. The van der Waals surface area contributed by atoms with Gasteiger partial charge in [-0.3, -0.25) is 0 Å². The van der Waals surface area contributed by atoms with E-state index in [1.807, 2.05) is 42.5 Å². The minimum absolute atomic E-state index is 0.456. The lowest BCUT2D eigenvalue weighted by Crippen LogP contribution is -2.24. The minimum Gasteiger partial charge on any atom is -0.497 e. The van der Waals surface area contributed by atoms with Crippen LogP contribution in [-0.4, -0.2) is 29.4 Å². The van der Waals surface area contributed by atoms with E-state index in [9.17, 15) is 5.11 Å². The first kappa shape index (κ1) is 17.9. The lowest BCUT2D eigenvalue weighted by atomic mass is 10.2. The highest BCUT2D eigenvalue weighted by Crippen LogP contribution is 2.31. The average Bonchev–Trinajstić information content (AvgIpc) is 3.00. The van der Waals surface area contributed by atoms with Crippen molar-refractivity contribution in [2.24, 2.45) is 0 Å². The van der Waals surface area contributed by atoms with Crippen LogP contribution in [0.5, 0.6) is 5.75 Å². The molecule has 0 amide bonds. The molecule has 0 saturated heterocycles. The van der Waals surface area contributed by atoms with Crippen LogP contribution in [0.25, 0.3) is 21.8 Å². The van der Waals surface area contributed by atoms with Gasteiger partial charge in [0.1, 0.15) is 5.75 Å². The predicted octanol–water partition coefficient (Wildman–Crippen LogP) is 5.04. The summed E-state index contributed by atoms with van der Waals surface area (Å²) in [6, 6.07) is 22.3. The van der Waals surface area contributed by atoms with E-state index in [1.54, 1.807) is 7.11 Å². The molecule has 0 spiro atoms. The third kappa shape index (κ3) is 3.66. The van der Waals surface area contributed by atoms with E-state index in [0.717, 1.165) is 26.9 Å². The number of aliphatic hydroxyl groups excluding tert-OH is 1. The van der Waals surface area contributed by atoms with Gasteiger partial charge >= 0.3 is 0 Å². The molecule has 0 saturated carbocycles. The van der Waals surface area contributed by atoms with Crippen LogP contribution in [0.1, 0.15) is 0 Å². The van der Waals surface area contributed by atoms with Crippen molar-refractivity contribution in [3.63, 3.8) is 0 Å². The smallest absolute Gasteiger partial charge is 0.120 e. The van der Waals surface area contributed by atoms with Gasteiger partial charge in [-0.25, -0.2) is 0 Å². The third-order valence-electron chi connectivity index (χ3n) is 4.74. The summed E-state index contributed by atoms with van der Waals surface area (Å²) in [6.45, 7) is 0.973. The van der Waals surface area contributed by atoms with Crippen molar-refractivity contribution in [2.45, 2.75) is 12.6 Å². The van der Waals surface area contributed by atoms with E-state index >= 15 is 0 Å². The highest BCUT2D eigenvalue weighted by atomic mass is 79.9. The second kappa shape index (κ2) is 7.62. The molecule has 1 atom stereocenters. The Morgan fingerprint density at radius 3 is 2.67 bits per heavy atom. The van der Waals surface area contributed by atoms with Gasteiger partial charge < -0.3 is 19.7 Å². The Bertz CT molecular complexity index is 1090. The van der Waals surface area contributed by atoms with Crippen LogP contribution in [0.4, 0.5) is 5.69 Å². The molecule has 1 unspecified atom stereocenters. The van der Waals surface area contributed by atoms with Gasteiger partial charge in [0.25, 0.3) is 0 Å². The lowest BCUT2D eigenvalue weighted by Gasteiger charge is -2.16. The third-order valence-corrected chi connectivity index (χ3v) is 5.23. The largest absolute Gasteiger partial charge is 0.497 e. The van der Waals surface area contributed by atoms with Crippen molar-refractivity contribution >= 4 is 43.4 Å². The van der Waals surface area contributed by atoms with Gasteiger partial charge in [0.15, 0.2) is 0 Å². The Morgan fingerprint density at radius 1 is 1.00 bits per heavy atom. The molecular formula is C22H21BrN2O2. The zero-order chi connectivity index (χ0) is 18.8. The fourth-order valence-corrected chi connectivity index (χ4v) is 3.83. The molecule has 0 aliphatic heterocycles. The molecule has 0 aliphatic rings. The number of nitrogens with zero attached hydrogens (tertiary/aromatic N) is 1. The van der Waals surface area contributed by atoms with Crippen LogP contribution >= 0.6 is 15.9 Å². The van der Waals surface area contributed by atoms with Gasteiger partial charge in [-0.15, -0.1) is 0 Å². The molecule has 4 aromatic rings. The SMILES string of the molecule is COc1cccc(NCC(O)Cn2c3ccccc3c3cc(Br)ccc32)c1. The standard InChI is InChI=1S/C22H21BrN2O2/c1-27-18-6-4-5-16(12-18)24-13-17(26)14-25-21-8-3-2-7-19(21)20-11-15(23)9-10-22(20)25/h2-12,17,24,26H,13-14H2,1H3. The Labute approximate surface area is 166 Å². The maximum atomic E-state index is 10.7. The normalized spacial score (nSPS) is 12.4. The van der Waals surface area contributed by atoms with Crippen molar-refractivity contribution in [3.8, 4) is 5.75 Å². The summed E-state index contributed by atoms with van der Waals surface area (Å²) < 4.78 is 8.49. The molecule has 0 radical (unpaired) electrons. The zero-order valence-corrected chi connectivity index (χ0v) is 16.6. The first-order valence-corrected chi connectivity index (χ1v) is 9.67. The van der Waals surface area contributed by atoms with Crippen LogP contribution in [-0.2, 0) is 6.54 Å². The van der Waals surface area contributed by atoms with Crippen molar-refractivity contribution in [1.29, 1.82) is 0 Å². The summed E-state index contributed by atoms with van der Waals surface area (Å²) in [5.41, 5.74) is 3.19. The number of benzene rings is 3. The second-order valence-electron chi connectivity index (χ2n) is 6.56. The fraction of sp³-hybridized carbons (Fsp3) is 0.182. The average molecular weight is 425 g/mol. The lowest BCUT2D eigenvalue weighted by molar-refractivity contribution is 0.169. The molecule has 27 heavy (non-hydrogen) atoms. The summed E-state index contributed by atoms with van der Waals surface area (Å²) in [6.07, 6.45) is -0.529. The minimum atomic E-state index is -0.529. The number of methoxy groups -OCH3 is 1. The summed E-state index contributed by atoms with van der Waals surface area (Å²) in [4.78, 5) is 0. The zero-order valence-electron chi connectivity index (χ0n) is 15.0. The highest BCUT2D eigenvalue weighted by molar-refractivity contribution is 9.10. The van der Waals surface area contributed by atoms with Gasteiger partial charge in [0, 0.05) is 44.6 Å². The Balaban J connectivity index is 1.58. The Morgan fingerprint density at radius 2 is 1.81 bits per heavy atom. The van der Waals surface area contributed by atoms with Crippen LogP contribution in [0.2, 0.25) is 0 Å². The summed E-state index contributed by atoms with van der Waals surface area (Å²) in [7, 11) is 1.65. The molecule has 5 heteroatoms. The number of halogens is 1. The number of ether oxygens (including phenoxy) is 1. The fourth-order valence-electron chi connectivity index (χ4n) is 3.47. The van der Waals surface area contributed by atoms with Crippen molar-refractivity contribution in [2.75, 3.05) is 19.0 Å². The van der Waals surface area contributed by atoms with E-state index < -0.39 is 6.10 Å². The van der Waals surface area contributed by atoms with Crippen LogP contribution in [0, 0.1) is 0 Å². The quantitative estimate of drug-likeness (QED) is 0.455. The number of para-hydroxylation sites is 1. The molecule has 0 fully saturated rings. The number of hydrogen-bond donors (Lipinski definition) is 2. The maximum Gasteiger partial charge on any atom is 0.120 e. The number of nitrogens with one attached hydrogen (secondary N) is 1. The van der Waals surface area contributed by atoms with Crippen LogP contribution < -0.4 is 10.1 Å². The monoisotopic (exact) mass is 424 g/mol. The molecule has 0 aliphatic carbocycles. The number of hydrogen-bond acceptors (Lipinski definition) is 3. The van der Waals surface area contributed by atoms with Crippen LogP contribution in [0.3, 0.4) is 0 Å². The second-order valence-corrected chi connectivity index (χ2v) is 7.47. The van der Waals surface area contributed by atoms with E-state index in [1.165, 1.54) is 10.8 Å². The van der Waals surface area contributed by atoms with Gasteiger partial charge in [-0.05, 0) is 36.4 Å². The Hall–Kier alpha value is -2.50. The molecule has 3 aromatic carbocycles. The molecule has 4 nitrogen and oxygen atoms in total. The first-order valence-electron chi connectivity index (χ1n) is 8.88. The molecule has 2 N–H and O–H groups in total. The molecule has 1 heterocycles. The van der Waals surface area contributed by atoms with Gasteiger partial charge in [0.05, 0.1) is 19.8 Å². The number of rotatable bonds is 6. The van der Waals surface area contributed by atoms with Crippen molar-refractivity contribution in [3.05, 3.63) is 71.2 Å². The van der Waals surface area contributed by atoms with E-state index in [4.69, 9.17) is 4.74 Å². The van der Waals surface area contributed by atoms with Gasteiger partial charge in [-0.2, -0.15) is 0 Å². The van der Waals surface area contributed by atoms with E-state index in [-0.39, 0.29) is 0 Å². The molecule has 1 aromatic heterocycles. The number of aromatic nitrogens is 1. The molecule has 138 valence electrons. The van der Waals surface area contributed by atoms with Gasteiger partial charge in [-0.1, -0.05) is 40.2 Å². The Kier molecular flexibility index (Phi) is 5.05. The van der Waals surface area contributed by atoms with E-state index in [2.05, 4.69) is 50.1 Å². The maximum absolute atomic E-state index is 10.7. The topological polar surface area (TPSA) is 46.4 Å². The highest BCUT2D eigenvalue weighted by Gasteiger charge is 2.14. The van der Waals surface area contributed by atoms with Crippen molar-refractivity contribution < 1.29 is 9.84 Å².